The van der Waals surface area contributed by atoms with E-state index in [1.165, 1.54) is 61.4 Å². The molecular formula is C33H35ClO3S. The minimum Gasteiger partial charge on any atom is -0.489 e. The molecule has 0 saturated heterocycles. The van der Waals surface area contributed by atoms with Crippen LogP contribution in [0, 0.1) is 17.8 Å². The molecule has 0 heterocycles. The van der Waals surface area contributed by atoms with Crippen LogP contribution >= 0.6 is 23.4 Å². The molecule has 4 saturated carbocycles. The van der Waals surface area contributed by atoms with Crippen LogP contribution in [-0.4, -0.2) is 18.3 Å². The molecule has 0 aliphatic heterocycles. The molecule has 0 unspecified atom stereocenters. The van der Waals surface area contributed by atoms with Crippen LogP contribution in [0.25, 0.3) is 11.1 Å². The lowest BCUT2D eigenvalue weighted by Gasteiger charge is -2.57. The van der Waals surface area contributed by atoms with Gasteiger partial charge in [-0.05, 0) is 104 Å². The van der Waals surface area contributed by atoms with Gasteiger partial charge in [0.25, 0.3) is 0 Å². The number of carbonyl (C=O) groups is 1. The highest BCUT2D eigenvalue weighted by atomic mass is 35.5. The number of benzene rings is 3. The van der Waals surface area contributed by atoms with E-state index in [-0.39, 0.29) is 17.1 Å². The average molecular weight is 547 g/mol. The van der Waals surface area contributed by atoms with Gasteiger partial charge >= 0.3 is 5.97 Å². The molecule has 0 radical (unpaired) electrons. The number of esters is 1. The van der Waals surface area contributed by atoms with Gasteiger partial charge in [0.15, 0.2) is 0 Å². The Morgan fingerprint density at radius 1 is 0.947 bits per heavy atom. The third-order valence-corrected chi connectivity index (χ3v) is 10.0. The first kappa shape index (κ1) is 25.8. The van der Waals surface area contributed by atoms with Crippen molar-refractivity contribution in [1.29, 1.82) is 0 Å². The highest BCUT2D eigenvalue weighted by molar-refractivity contribution is 8.00. The van der Waals surface area contributed by atoms with E-state index in [9.17, 15) is 4.79 Å². The second-order valence-corrected chi connectivity index (χ2v) is 12.9. The summed E-state index contributed by atoms with van der Waals surface area (Å²) in [5.74, 6) is 3.66. The van der Waals surface area contributed by atoms with Crippen molar-refractivity contribution in [3.05, 3.63) is 82.9 Å². The minimum atomic E-state index is -0.205. The van der Waals surface area contributed by atoms with Crippen molar-refractivity contribution in [2.75, 3.05) is 12.4 Å². The van der Waals surface area contributed by atoms with Crippen LogP contribution in [0.2, 0.25) is 5.02 Å². The van der Waals surface area contributed by atoms with E-state index < -0.39 is 0 Å². The number of hydrogen-bond donors (Lipinski definition) is 0. The largest absolute Gasteiger partial charge is 0.489 e. The molecule has 4 fully saturated rings. The molecule has 0 aromatic heterocycles. The van der Waals surface area contributed by atoms with E-state index in [2.05, 4.69) is 54.6 Å². The monoisotopic (exact) mass is 546 g/mol. The molecule has 198 valence electrons. The lowest BCUT2D eigenvalue weighted by molar-refractivity contribution is -0.139. The van der Waals surface area contributed by atoms with Crippen LogP contribution < -0.4 is 4.74 Å². The van der Waals surface area contributed by atoms with Crippen LogP contribution in [0.3, 0.4) is 0 Å². The predicted molar refractivity (Wildman–Crippen MR) is 155 cm³/mol. The van der Waals surface area contributed by atoms with Gasteiger partial charge in [0, 0.05) is 21.0 Å². The summed E-state index contributed by atoms with van der Waals surface area (Å²) in [6, 6.07) is 23.2. The summed E-state index contributed by atoms with van der Waals surface area (Å²) >= 11 is 8.29. The van der Waals surface area contributed by atoms with Gasteiger partial charge in [-0.25, -0.2) is 0 Å². The lowest BCUT2D eigenvalue weighted by atomic mass is 9.48. The van der Waals surface area contributed by atoms with Crippen LogP contribution in [0.4, 0.5) is 0 Å². The maximum absolute atomic E-state index is 11.8. The zero-order chi connectivity index (χ0) is 26.1. The van der Waals surface area contributed by atoms with E-state index in [0.717, 1.165) is 39.5 Å². The number of thioether (sulfide) groups is 1. The lowest BCUT2D eigenvalue weighted by Crippen LogP contribution is -2.48. The van der Waals surface area contributed by atoms with E-state index in [1.807, 2.05) is 19.1 Å². The van der Waals surface area contributed by atoms with Gasteiger partial charge in [-0.2, -0.15) is 0 Å². The highest BCUT2D eigenvalue weighted by Gasteiger charge is 2.52. The fraction of sp³-hybridized carbons (Fsp3) is 0.424. The highest BCUT2D eigenvalue weighted by Crippen LogP contribution is 2.62. The summed E-state index contributed by atoms with van der Waals surface area (Å²) in [7, 11) is 0. The summed E-state index contributed by atoms with van der Waals surface area (Å²) in [6.07, 6.45) is 8.08. The third-order valence-electron chi connectivity index (χ3n) is 8.74. The zero-order valence-corrected chi connectivity index (χ0v) is 23.5. The Balaban J connectivity index is 1.31. The Morgan fingerprint density at radius 3 is 2.32 bits per heavy atom. The Hall–Kier alpha value is -2.43. The van der Waals surface area contributed by atoms with Gasteiger partial charge in [0.05, 0.1) is 12.4 Å². The predicted octanol–water partition coefficient (Wildman–Crippen LogP) is 8.71. The van der Waals surface area contributed by atoms with Gasteiger partial charge < -0.3 is 9.47 Å². The van der Waals surface area contributed by atoms with Crippen molar-refractivity contribution in [3.8, 4) is 16.9 Å². The first-order chi connectivity index (χ1) is 18.5. The first-order valence-electron chi connectivity index (χ1n) is 13.9. The van der Waals surface area contributed by atoms with Gasteiger partial charge in [-0.3, -0.25) is 4.79 Å². The summed E-state index contributed by atoms with van der Waals surface area (Å²) in [5, 5.41) is 0.702. The van der Waals surface area contributed by atoms with Crippen molar-refractivity contribution in [2.24, 2.45) is 17.8 Å². The Labute approximate surface area is 235 Å². The topological polar surface area (TPSA) is 35.5 Å². The molecule has 4 aliphatic carbocycles. The van der Waals surface area contributed by atoms with Crippen LogP contribution in [0.15, 0.2) is 71.6 Å². The molecular weight excluding hydrogens is 512 g/mol. The Kier molecular flexibility index (Phi) is 7.46. The number of carbonyl (C=O) groups excluding carboxylic acids is 1. The second-order valence-electron chi connectivity index (χ2n) is 11.4. The molecule has 0 amide bonds. The molecule has 0 atom stereocenters. The standard InChI is InChI=1S/C33H35ClO3S/c1-2-36-32(35)21-38-27-9-10-28(30(34)16-27)26-8-11-31(37-20-22-6-4-3-5-7-22)29(15-26)33-17-23-12-24(18-33)14-25(13-23)19-33/h3-11,15-16,23-25H,2,12-14,17-21H2,1H3. The molecule has 0 N–H and O–H groups in total. The molecule has 5 heteroatoms. The maximum atomic E-state index is 11.8. The first-order valence-corrected chi connectivity index (χ1v) is 15.3. The van der Waals surface area contributed by atoms with Crippen molar-refractivity contribution in [3.63, 3.8) is 0 Å². The van der Waals surface area contributed by atoms with E-state index in [4.69, 9.17) is 21.1 Å². The molecule has 3 nitrogen and oxygen atoms in total. The quantitative estimate of drug-likeness (QED) is 0.198. The number of halogens is 1. The zero-order valence-electron chi connectivity index (χ0n) is 22.0. The smallest absolute Gasteiger partial charge is 0.316 e. The third kappa shape index (κ3) is 5.35. The Morgan fingerprint density at radius 2 is 1.66 bits per heavy atom. The summed E-state index contributed by atoms with van der Waals surface area (Å²) in [6.45, 7) is 2.80. The van der Waals surface area contributed by atoms with Crippen molar-refractivity contribution in [1.82, 2.24) is 0 Å². The molecule has 4 bridgehead atoms. The fourth-order valence-corrected chi connectivity index (χ4v) is 8.67. The van der Waals surface area contributed by atoms with Crippen molar-refractivity contribution >= 4 is 29.3 Å². The molecule has 7 rings (SSSR count). The second kappa shape index (κ2) is 11.0. The maximum Gasteiger partial charge on any atom is 0.316 e. The average Bonchev–Trinajstić information content (AvgIpc) is 2.91. The van der Waals surface area contributed by atoms with Crippen molar-refractivity contribution in [2.45, 2.75) is 62.4 Å². The van der Waals surface area contributed by atoms with Gasteiger partial charge in [-0.15, -0.1) is 11.8 Å². The van der Waals surface area contributed by atoms with Gasteiger partial charge in [0.1, 0.15) is 12.4 Å². The van der Waals surface area contributed by atoms with E-state index in [1.54, 1.807) is 0 Å². The van der Waals surface area contributed by atoms with E-state index in [0.29, 0.717) is 18.2 Å². The minimum absolute atomic E-state index is 0.205. The van der Waals surface area contributed by atoms with Crippen molar-refractivity contribution < 1.29 is 14.3 Å². The molecule has 4 aliphatic rings. The van der Waals surface area contributed by atoms with Gasteiger partial charge in [0.2, 0.25) is 0 Å². The van der Waals surface area contributed by atoms with Crippen LogP contribution in [0.1, 0.15) is 56.6 Å². The SMILES string of the molecule is CCOC(=O)CSc1ccc(-c2ccc(OCc3ccccc3)c(C34CC5CC(CC(C5)C3)C4)c2)c(Cl)c1. The molecule has 3 aromatic rings. The Bertz CT molecular complexity index is 1270. The summed E-state index contributed by atoms with van der Waals surface area (Å²) in [4.78, 5) is 12.7. The number of ether oxygens (including phenoxy) is 2. The number of hydrogen-bond acceptors (Lipinski definition) is 4. The normalized spacial score (nSPS) is 25.4. The summed E-state index contributed by atoms with van der Waals surface area (Å²) < 4.78 is 11.6. The fourth-order valence-electron chi connectivity index (χ4n) is 7.58. The molecule has 38 heavy (non-hydrogen) atoms. The van der Waals surface area contributed by atoms with Crippen LogP contribution in [-0.2, 0) is 21.6 Å². The molecule has 3 aromatic carbocycles. The van der Waals surface area contributed by atoms with Crippen LogP contribution in [0.5, 0.6) is 5.75 Å². The van der Waals surface area contributed by atoms with Gasteiger partial charge in [-0.1, -0.05) is 54.1 Å². The summed E-state index contributed by atoms with van der Waals surface area (Å²) in [5.41, 5.74) is 4.93. The molecule has 0 spiro atoms. The number of rotatable bonds is 9. The van der Waals surface area contributed by atoms with E-state index >= 15 is 0 Å².